The average molecular weight is 299 g/mol. The Morgan fingerprint density at radius 3 is 2.76 bits per heavy atom. The van der Waals surface area contributed by atoms with Crippen LogP contribution in [0.4, 0.5) is 4.39 Å². The molecule has 0 radical (unpaired) electrons. The summed E-state index contributed by atoms with van der Waals surface area (Å²) < 4.78 is 18.7. The monoisotopic (exact) mass is 298 g/mol. The summed E-state index contributed by atoms with van der Waals surface area (Å²) in [5, 5.41) is 10.0. The van der Waals surface area contributed by atoms with Gasteiger partial charge in [-0.25, -0.2) is 4.39 Å². The molecule has 0 saturated carbocycles. The summed E-state index contributed by atoms with van der Waals surface area (Å²) in [6, 6.07) is 6.50. The van der Waals surface area contributed by atoms with Gasteiger partial charge < -0.3 is 9.52 Å². The van der Waals surface area contributed by atoms with Crippen LogP contribution >= 0.6 is 15.9 Å². The fraction of sp³-hybridized carbons (Fsp3) is 0.231. The fourth-order valence-corrected chi connectivity index (χ4v) is 2.13. The van der Waals surface area contributed by atoms with Gasteiger partial charge in [-0.15, -0.1) is 0 Å². The first-order valence-electron chi connectivity index (χ1n) is 5.24. The second kappa shape index (κ2) is 5.02. The molecule has 0 aliphatic rings. The van der Waals surface area contributed by atoms with E-state index in [1.54, 1.807) is 24.5 Å². The van der Waals surface area contributed by atoms with Crippen LogP contribution in [0.3, 0.4) is 0 Å². The molecule has 1 N–H and O–H groups in total. The summed E-state index contributed by atoms with van der Waals surface area (Å²) in [4.78, 5) is 0. The lowest BCUT2D eigenvalue weighted by Crippen LogP contribution is -2.02. The molecular weight excluding hydrogens is 287 g/mol. The molecule has 0 aliphatic heterocycles. The summed E-state index contributed by atoms with van der Waals surface area (Å²) >= 11 is 3.12. The lowest BCUT2D eigenvalue weighted by molar-refractivity contribution is 0.149. The van der Waals surface area contributed by atoms with Gasteiger partial charge in [0.05, 0.1) is 10.7 Å². The number of hydrogen-bond donors (Lipinski definition) is 1. The highest BCUT2D eigenvalue weighted by Gasteiger charge is 2.15. The van der Waals surface area contributed by atoms with Gasteiger partial charge in [0.15, 0.2) is 0 Å². The van der Waals surface area contributed by atoms with Crippen LogP contribution in [0, 0.1) is 12.7 Å². The first kappa shape index (κ1) is 12.3. The second-order valence-corrected chi connectivity index (χ2v) is 4.79. The van der Waals surface area contributed by atoms with E-state index in [4.69, 9.17) is 4.42 Å². The van der Waals surface area contributed by atoms with Gasteiger partial charge in [0.25, 0.3) is 0 Å². The number of benzene rings is 1. The first-order chi connectivity index (χ1) is 8.08. The highest BCUT2D eigenvalue weighted by Crippen LogP contribution is 2.24. The van der Waals surface area contributed by atoms with Crippen molar-refractivity contribution in [3.63, 3.8) is 0 Å². The molecular formula is C13H12BrFO2. The predicted molar refractivity (Wildman–Crippen MR) is 66.2 cm³/mol. The Morgan fingerprint density at radius 1 is 1.41 bits per heavy atom. The van der Waals surface area contributed by atoms with Crippen LogP contribution in [0.2, 0.25) is 0 Å². The van der Waals surface area contributed by atoms with E-state index in [-0.39, 0.29) is 5.82 Å². The van der Waals surface area contributed by atoms with E-state index < -0.39 is 6.10 Å². The topological polar surface area (TPSA) is 33.4 Å². The van der Waals surface area contributed by atoms with E-state index in [1.165, 1.54) is 6.07 Å². The maximum absolute atomic E-state index is 13.0. The van der Waals surface area contributed by atoms with Crippen LogP contribution in [-0.2, 0) is 6.42 Å². The summed E-state index contributed by atoms with van der Waals surface area (Å²) in [7, 11) is 0. The van der Waals surface area contributed by atoms with Gasteiger partial charge in [0.1, 0.15) is 17.7 Å². The minimum atomic E-state index is -0.706. The zero-order valence-electron chi connectivity index (χ0n) is 9.28. The highest BCUT2D eigenvalue weighted by atomic mass is 79.9. The van der Waals surface area contributed by atoms with Crippen molar-refractivity contribution in [2.24, 2.45) is 0 Å². The standard InChI is InChI=1S/C13H12BrFO2/c1-8-4-5-17-13(8)12(16)7-9-2-3-11(15)10(14)6-9/h2-6,12,16H,7H2,1H3. The molecule has 90 valence electrons. The van der Waals surface area contributed by atoms with Crippen molar-refractivity contribution in [2.45, 2.75) is 19.4 Å². The number of aliphatic hydroxyl groups excluding tert-OH is 1. The summed E-state index contributed by atoms with van der Waals surface area (Å²) in [5.41, 5.74) is 1.76. The van der Waals surface area contributed by atoms with E-state index in [0.29, 0.717) is 16.7 Å². The van der Waals surface area contributed by atoms with Gasteiger partial charge in [0.2, 0.25) is 0 Å². The Morgan fingerprint density at radius 2 is 2.18 bits per heavy atom. The molecule has 0 saturated heterocycles. The predicted octanol–water partition coefficient (Wildman–Crippen LogP) is 3.77. The largest absolute Gasteiger partial charge is 0.466 e. The lowest BCUT2D eigenvalue weighted by Gasteiger charge is -2.09. The maximum atomic E-state index is 13.0. The minimum absolute atomic E-state index is 0.308. The lowest BCUT2D eigenvalue weighted by atomic mass is 10.0. The molecule has 1 aromatic carbocycles. The summed E-state index contributed by atoms with van der Waals surface area (Å²) in [6.07, 6.45) is 1.24. The molecule has 0 amide bonds. The van der Waals surface area contributed by atoms with Crippen molar-refractivity contribution in [1.29, 1.82) is 0 Å². The fourth-order valence-electron chi connectivity index (χ4n) is 1.71. The number of halogens is 2. The van der Waals surface area contributed by atoms with Gasteiger partial charge in [-0.3, -0.25) is 0 Å². The Bertz CT molecular complexity index is 522. The maximum Gasteiger partial charge on any atom is 0.137 e. The highest BCUT2D eigenvalue weighted by molar-refractivity contribution is 9.10. The van der Waals surface area contributed by atoms with E-state index in [2.05, 4.69) is 15.9 Å². The Balaban J connectivity index is 2.16. The van der Waals surface area contributed by atoms with Crippen LogP contribution in [0.25, 0.3) is 0 Å². The SMILES string of the molecule is Cc1ccoc1C(O)Cc1ccc(F)c(Br)c1. The summed E-state index contributed by atoms with van der Waals surface area (Å²) in [6.45, 7) is 1.88. The molecule has 2 nitrogen and oxygen atoms in total. The molecule has 2 aromatic rings. The van der Waals surface area contributed by atoms with Crippen LogP contribution in [0.1, 0.15) is 23.0 Å². The van der Waals surface area contributed by atoms with E-state index >= 15 is 0 Å². The molecule has 0 spiro atoms. The number of rotatable bonds is 3. The van der Waals surface area contributed by atoms with Gasteiger partial charge in [-0.05, 0) is 52.2 Å². The molecule has 1 aromatic heterocycles. The van der Waals surface area contributed by atoms with Gasteiger partial charge in [-0.1, -0.05) is 6.07 Å². The van der Waals surface area contributed by atoms with Crippen molar-refractivity contribution >= 4 is 15.9 Å². The molecule has 1 heterocycles. The Kier molecular flexibility index (Phi) is 3.64. The van der Waals surface area contributed by atoms with Crippen molar-refractivity contribution in [3.05, 3.63) is 57.7 Å². The molecule has 0 aliphatic carbocycles. The molecule has 17 heavy (non-hydrogen) atoms. The van der Waals surface area contributed by atoms with Crippen LogP contribution in [0.15, 0.2) is 39.4 Å². The first-order valence-corrected chi connectivity index (χ1v) is 6.03. The van der Waals surface area contributed by atoms with Crippen molar-refractivity contribution in [1.82, 2.24) is 0 Å². The molecule has 1 atom stereocenters. The molecule has 0 bridgehead atoms. The van der Waals surface area contributed by atoms with E-state index in [0.717, 1.165) is 11.1 Å². The summed E-state index contributed by atoms with van der Waals surface area (Å²) in [5.74, 6) is 0.253. The van der Waals surface area contributed by atoms with Crippen LogP contribution in [0.5, 0.6) is 0 Å². The Labute approximate surface area is 107 Å². The van der Waals surface area contributed by atoms with Gasteiger partial charge in [-0.2, -0.15) is 0 Å². The van der Waals surface area contributed by atoms with Gasteiger partial charge >= 0.3 is 0 Å². The smallest absolute Gasteiger partial charge is 0.137 e. The third-order valence-corrected chi connectivity index (χ3v) is 3.23. The van der Waals surface area contributed by atoms with Crippen molar-refractivity contribution in [3.8, 4) is 0 Å². The molecule has 0 fully saturated rings. The third kappa shape index (κ3) is 2.76. The zero-order valence-corrected chi connectivity index (χ0v) is 10.9. The second-order valence-electron chi connectivity index (χ2n) is 3.94. The number of aliphatic hydroxyl groups is 1. The number of furan rings is 1. The van der Waals surface area contributed by atoms with Crippen LogP contribution < -0.4 is 0 Å². The normalized spacial score (nSPS) is 12.7. The number of hydrogen-bond acceptors (Lipinski definition) is 2. The third-order valence-electron chi connectivity index (χ3n) is 2.62. The number of aryl methyl sites for hydroxylation is 1. The Hall–Kier alpha value is -1.13. The quantitative estimate of drug-likeness (QED) is 0.936. The van der Waals surface area contributed by atoms with Gasteiger partial charge in [0, 0.05) is 6.42 Å². The van der Waals surface area contributed by atoms with E-state index in [1.807, 2.05) is 6.92 Å². The molecule has 4 heteroatoms. The van der Waals surface area contributed by atoms with Crippen molar-refractivity contribution in [2.75, 3.05) is 0 Å². The molecule has 1 unspecified atom stereocenters. The average Bonchev–Trinajstić information content (AvgIpc) is 2.70. The van der Waals surface area contributed by atoms with E-state index in [9.17, 15) is 9.50 Å². The minimum Gasteiger partial charge on any atom is -0.466 e. The van der Waals surface area contributed by atoms with Crippen LogP contribution in [-0.4, -0.2) is 5.11 Å². The van der Waals surface area contributed by atoms with Crippen molar-refractivity contribution < 1.29 is 13.9 Å². The zero-order chi connectivity index (χ0) is 12.4. The molecule has 2 rings (SSSR count).